The van der Waals surface area contributed by atoms with Gasteiger partial charge in [0.05, 0.1) is 12.5 Å². The molecule has 0 fully saturated rings. The minimum atomic E-state index is -2.31. The van der Waals surface area contributed by atoms with Crippen LogP contribution >= 0.6 is 0 Å². The van der Waals surface area contributed by atoms with E-state index >= 15 is 0 Å². The molecule has 0 spiro atoms. The Kier molecular flexibility index (Phi) is 2.19. The first-order valence-corrected chi connectivity index (χ1v) is 3.62. The van der Waals surface area contributed by atoms with Crippen LogP contribution in [0.3, 0.4) is 0 Å². The summed E-state index contributed by atoms with van der Waals surface area (Å²) in [5, 5.41) is 36.2. The van der Waals surface area contributed by atoms with Crippen LogP contribution in [-0.2, 0) is 9.53 Å². The summed E-state index contributed by atoms with van der Waals surface area (Å²) >= 11 is 0. The predicted octanol–water partition coefficient (Wildman–Crippen LogP) is -0.812. The number of aliphatic hydroxyl groups is 4. The van der Waals surface area contributed by atoms with Crippen molar-refractivity contribution in [1.82, 2.24) is 0 Å². The van der Waals surface area contributed by atoms with Crippen LogP contribution in [0.15, 0.2) is 11.5 Å². The zero-order chi connectivity index (χ0) is 10.2. The van der Waals surface area contributed by atoms with E-state index in [0.29, 0.717) is 0 Å². The maximum Gasteiger partial charge on any atom is 0.380 e. The summed E-state index contributed by atoms with van der Waals surface area (Å²) in [5.74, 6) is -6.42. The van der Waals surface area contributed by atoms with Crippen LogP contribution in [0.1, 0.15) is 6.92 Å². The first kappa shape index (κ1) is 9.82. The zero-order valence-corrected chi connectivity index (χ0v) is 6.89. The number of carbonyl (C=O) groups is 1. The number of hydrogen-bond donors (Lipinski definition) is 4. The molecule has 13 heavy (non-hydrogen) atoms. The molecule has 0 amide bonds. The highest BCUT2D eigenvalue weighted by atomic mass is 16.7. The van der Waals surface area contributed by atoms with Gasteiger partial charge in [-0.1, -0.05) is 6.92 Å². The average molecular weight is 190 g/mol. The molecule has 0 radical (unpaired) electrons. The fourth-order valence-electron chi connectivity index (χ4n) is 0.962. The van der Waals surface area contributed by atoms with Crippen molar-refractivity contribution < 1.29 is 30.0 Å². The molecule has 1 aliphatic rings. The number of ether oxygens (including phenoxy) is 1. The lowest BCUT2D eigenvalue weighted by molar-refractivity contribution is -0.212. The predicted molar refractivity (Wildman–Crippen MR) is 39.6 cm³/mol. The van der Waals surface area contributed by atoms with Gasteiger partial charge in [0.2, 0.25) is 11.5 Å². The van der Waals surface area contributed by atoms with E-state index in [1.807, 2.05) is 0 Å². The second kappa shape index (κ2) is 2.90. The number of rotatable bonds is 2. The Labute approximate surface area is 73.7 Å². The molecule has 0 aromatic rings. The first-order valence-electron chi connectivity index (χ1n) is 3.62. The lowest BCUT2D eigenvalue weighted by Gasteiger charge is -2.26. The Morgan fingerprint density at radius 2 is 2.08 bits per heavy atom. The molecule has 0 aromatic heterocycles. The van der Waals surface area contributed by atoms with E-state index in [-0.39, 0.29) is 0 Å². The van der Waals surface area contributed by atoms with Crippen molar-refractivity contribution in [1.29, 1.82) is 0 Å². The van der Waals surface area contributed by atoms with Gasteiger partial charge in [-0.3, -0.25) is 0 Å². The van der Waals surface area contributed by atoms with Crippen molar-refractivity contribution in [3.8, 4) is 0 Å². The second-order valence-corrected chi connectivity index (χ2v) is 2.87. The normalized spacial score (nSPS) is 30.5. The van der Waals surface area contributed by atoms with Gasteiger partial charge in [0.25, 0.3) is 5.79 Å². The molecule has 2 atom stereocenters. The Balaban J connectivity index is 3.03. The number of esters is 1. The maximum absolute atomic E-state index is 10.7. The van der Waals surface area contributed by atoms with Crippen LogP contribution in [0.5, 0.6) is 0 Å². The molecule has 0 saturated heterocycles. The van der Waals surface area contributed by atoms with E-state index in [9.17, 15) is 9.90 Å². The van der Waals surface area contributed by atoms with Crippen molar-refractivity contribution in [2.75, 3.05) is 6.61 Å². The van der Waals surface area contributed by atoms with Crippen molar-refractivity contribution in [2.24, 2.45) is 5.92 Å². The number of carbonyl (C=O) groups excluding carboxylic acids is 1. The summed E-state index contributed by atoms with van der Waals surface area (Å²) in [7, 11) is 0. The SMILES string of the molecule is C[C@@H](CO)[C@@]1(O)OC(=O)C(O)=C1O. The third-order valence-electron chi connectivity index (χ3n) is 1.95. The highest BCUT2D eigenvalue weighted by Crippen LogP contribution is 2.33. The van der Waals surface area contributed by atoms with Crippen LogP contribution in [-0.4, -0.2) is 38.8 Å². The van der Waals surface area contributed by atoms with E-state index in [1.165, 1.54) is 6.92 Å². The van der Waals surface area contributed by atoms with Crippen molar-refractivity contribution >= 4 is 5.97 Å². The van der Waals surface area contributed by atoms with Gasteiger partial charge in [0, 0.05) is 0 Å². The Hall–Kier alpha value is -1.27. The maximum atomic E-state index is 10.7. The molecule has 6 heteroatoms. The highest BCUT2D eigenvalue weighted by Gasteiger charge is 2.51. The van der Waals surface area contributed by atoms with E-state index in [1.54, 1.807) is 0 Å². The average Bonchev–Trinajstić information content (AvgIpc) is 2.30. The zero-order valence-electron chi connectivity index (χ0n) is 6.89. The van der Waals surface area contributed by atoms with E-state index in [2.05, 4.69) is 4.74 Å². The van der Waals surface area contributed by atoms with Crippen molar-refractivity contribution in [2.45, 2.75) is 12.7 Å². The summed E-state index contributed by atoms with van der Waals surface area (Å²) < 4.78 is 4.31. The second-order valence-electron chi connectivity index (χ2n) is 2.87. The summed E-state index contributed by atoms with van der Waals surface area (Å²) in [4.78, 5) is 10.7. The Bertz CT molecular complexity index is 270. The number of hydrogen-bond acceptors (Lipinski definition) is 6. The molecule has 1 heterocycles. The van der Waals surface area contributed by atoms with Gasteiger partial charge in [0.15, 0.2) is 0 Å². The minimum Gasteiger partial charge on any atom is -0.503 e. The minimum absolute atomic E-state index is 0.499. The molecule has 0 aliphatic carbocycles. The summed E-state index contributed by atoms with van der Waals surface area (Å²) in [6.07, 6.45) is 0. The lowest BCUT2D eigenvalue weighted by Crippen LogP contribution is -2.40. The van der Waals surface area contributed by atoms with E-state index in [0.717, 1.165) is 0 Å². The van der Waals surface area contributed by atoms with Gasteiger partial charge in [-0.15, -0.1) is 0 Å². The molecule has 1 aliphatic heterocycles. The molecule has 74 valence electrons. The molecule has 0 aromatic carbocycles. The van der Waals surface area contributed by atoms with Crippen LogP contribution < -0.4 is 0 Å². The molecule has 0 bridgehead atoms. The van der Waals surface area contributed by atoms with Gasteiger partial charge in [-0.05, 0) is 0 Å². The van der Waals surface area contributed by atoms with Gasteiger partial charge in [-0.2, -0.15) is 0 Å². The van der Waals surface area contributed by atoms with Gasteiger partial charge in [-0.25, -0.2) is 4.79 Å². The van der Waals surface area contributed by atoms with Crippen LogP contribution in [0.25, 0.3) is 0 Å². The largest absolute Gasteiger partial charge is 0.503 e. The third kappa shape index (κ3) is 1.24. The van der Waals surface area contributed by atoms with Crippen LogP contribution in [0, 0.1) is 5.92 Å². The van der Waals surface area contributed by atoms with Gasteiger partial charge in [0.1, 0.15) is 0 Å². The lowest BCUT2D eigenvalue weighted by atomic mass is 10.0. The monoisotopic (exact) mass is 190 g/mol. The smallest absolute Gasteiger partial charge is 0.380 e. The van der Waals surface area contributed by atoms with Gasteiger partial charge < -0.3 is 25.2 Å². The van der Waals surface area contributed by atoms with Gasteiger partial charge >= 0.3 is 5.97 Å². The molecule has 0 saturated carbocycles. The molecule has 0 unspecified atom stereocenters. The van der Waals surface area contributed by atoms with E-state index < -0.39 is 35.8 Å². The number of aliphatic hydroxyl groups excluding tert-OH is 3. The quantitative estimate of drug-likeness (QED) is 0.424. The summed E-state index contributed by atoms with van der Waals surface area (Å²) in [6.45, 7) is 0.850. The van der Waals surface area contributed by atoms with E-state index in [4.69, 9.17) is 15.3 Å². The Morgan fingerprint density at radius 1 is 1.54 bits per heavy atom. The number of cyclic esters (lactones) is 1. The summed E-state index contributed by atoms with van der Waals surface area (Å²) in [6, 6.07) is 0. The first-order chi connectivity index (χ1) is 5.93. The molecule has 4 N–H and O–H groups in total. The molecular weight excluding hydrogens is 180 g/mol. The third-order valence-corrected chi connectivity index (χ3v) is 1.95. The topological polar surface area (TPSA) is 107 Å². The standard InChI is InChI=1S/C7H10O6/c1-3(2-8)7(12)5(10)4(9)6(11)13-7/h3,8-10,12H,2H2,1H3/t3-,7+/m0/s1. The fraction of sp³-hybridized carbons (Fsp3) is 0.571. The molecule has 1 rings (SSSR count). The highest BCUT2D eigenvalue weighted by molar-refractivity contribution is 5.89. The van der Waals surface area contributed by atoms with Crippen LogP contribution in [0.2, 0.25) is 0 Å². The van der Waals surface area contributed by atoms with Crippen molar-refractivity contribution in [3.63, 3.8) is 0 Å². The van der Waals surface area contributed by atoms with Crippen LogP contribution in [0.4, 0.5) is 0 Å². The molecular formula is C7H10O6. The fourth-order valence-corrected chi connectivity index (χ4v) is 0.962. The Morgan fingerprint density at radius 3 is 2.38 bits per heavy atom. The molecule has 6 nitrogen and oxygen atoms in total. The van der Waals surface area contributed by atoms with Crippen molar-refractivity contribution in [3.05, 3.63) is 11.5 Å². The summed E-state index contributed by atoms with van der Waals surface area (Å²) in [5.41, 5.74) is 0.